The van der Waals surface area contributed by atoms with E-state index in [-0.39, 0.29) is 24.1 Å². The third kappa shape index (κ3) is 6.43. The van der Waals surface area contributed by atoms with E-state index < -0.39 is 6.04 Å². The summed E-state index contributed by atoms with van der Waals surface area (Å²) in [5.74, 6) is -0.0884. The quantitative estimate of drug-likeness (QED) is 0.593. The lowest BCUT2D eigenvalue weighted by atomic mass is 10.1. The fraction of sp³-hybridized carbons (Fsp3) is 0.333. The molecule has 1 N–H and O–H groups in total. The zero-order valence-electron chi connectivity index (χ0n) is 16.2. The fourth-order valence-electron chi connectivity index (χ4n) is 2.60. The zero-order chi connectivity index (χ0) is 20.7. The minimum atomic E-state index is -0.613. The molecule has 0 aromatic heterocycles. The molecule has 0 saturated carbocycles. The van der Waals surface area contributed by atoms with Crippen LogP contribution in [0.2, 0.25) is 10.0 Å². The Labute approximate surface area is 180 Å². The number of carbonyl (C=O) groups excluding carboxylic acids is 2. The van der Waals surface area contributed by atoms with Crippen LogP contribution in [0.3, 0.4) is 0 Å². The zero-order valence-corrected chi connectivity index (χ0v) is 18.5. The van der Waals surface area contributed by atoms with Crippen molar-refractivity contribution in [3.05, 3.63) is 63.6 Å². The van der Waals surface area contributed by atoms with Gasteiger partial charge in [-0.15, -0.1) is 11.8 Å². The van der Waals surface area contributed by atoms with Gasteiger partial charge in [-0.25, -0.2) is 0 Å². The monoisotopic (exact) mass is 438 g/mol. The minimum absolute atomic E-state index is 0.129. The van der Waals surface area contributed by atoms with E-state index in [0.717, 1.165) is 10.5 Å². The maximum atomic E-state index is 13.0. The van der Waals surface area contributed by atoms with E-state index in [9.17, 15) is 9.59 Å². The second-order valence-electron chi connectivity index (χ2n) is 6.43. The number of thioether (sulfide) groups is 1. The molecule has 0 radical (unpaired) electrons. The van der Waals surface area contributed by atoms with Gasteiger partial charge in [-0.05, 0) is 50.6 Å². The lowest BCUT2D eigenvalue weighted by Gasteiger charge is -2.29. The van der Waals surface area contributed by atoms with Crippen molar-refractivity contribution in [3.8, 4) is 0 Å². The average Bonchev–Trinajstić information content (AvgIpc) is 2.66. The second-order valence-corrected chi connectivity index (χ2v) is 8.32. The molecule has 150 valence electrons. The van der Waals surface area contributed by atoms with Gasteiger partial charge < -0.3 is 10.2 Å². The Bertz CT molecular complexity index is 828. The summed E-state index contributed by atoms with van der Waals surface area (Å²) < 4.78 is 0. The van der Waals surface area contributed by atoms with Gasteiger partial charge in [0.2, 0.25) is 11.8 Å². The summed E-state index contributed by atoms with van der Waals surface area (Å²) in [4.78, 5) is 27.9. The Balaban J connectivity index is 2.17. The van der Waals surface area contributed by atoms with E-state index in [4.69, 9.17) is 23.2 Å². The van der Waals surface area contributed by atoms with Crippen LogP contribution in [0.15, 0.2) is 47.4 Å². The summed E-state index contributed by atoms with van der Waals surface area (Å²) in [7, 11) is 0. The molecule has 0 spiro atoms. The molecule has 0 saturated heterocycles. The van der Waals surface area contributed by atoms with E-state index >= 15 is 0 Å². The molecule has 2 amide bonds. The predicted molar refractivity (Wildman–Crippen MR) is 117 cm³/mol. The first-order valence-electron chi connectivity index (χ1n) is 9.02. The van der Waals surface area contributed by atoms with Gasteiger partial charge in [0.1, 0.15) is 6.04 Å². The molecule has 0 aliphatic carbocycles. The van der Waals surface area contributed by atoms with Crippen LogP contribution in [-0.4, -0.2) is 35.1 Å². The number of likely N-dealkylation sites (N-methyl/N-ethyl adjacent to an activating group) is 1. The van der Waals surface area contributed by atoms with Crippen molar-refractivity contribution in [1.29, 1.82) is 0 Å². The molecule has 7 heteroatoms. The Morgan fingerprint density at radius 3 is 2.43 bits per heavy atom. The number of halogens is 2. The Hall–Kier alpha value is -1.69. The summed E-state index contributed by atoms with van der Waals surface area (Å²) in [6.45, 7) is 6.33. The molecular weight excluding hydrogens is 415 g/mol. The van der Waals surface area contributed by atoms with Crippen molar-refractivity contribution in [3.63, 3.8) is 0 Å². The molecule has 0 aliphatic rings. The number of benzene rings is 2. The van der Waals surface area contributed by atoms with E-state index in [1.165, 1.54) is 17.3 Å². The van der Waals surface area contributed by atoms with Crippen molar-refractivity contribution in [1.82, 2.24) is 10.2 Å². The van der Waals surface area contributed by atoms with Crippen LogP contribution in [0.5, 0.6) is 0 Å². The highest BCUT2D eigenvalue weighted by atomic mass is 35.5. The van der Waals surface area contributed by atoms with Gasteiger partial charge in [0.05, 0.1) is 5.75 Å². The number of nitrogens with zero attached hydrogens (tertiary/aromatic N) is 1. The van der Waals surface area contributed by atoms with E-state index in [1.54, 1.807) is 30.0 Å². The van der Waals surface area contributed by atoms with Crippen LogP contribution in [0.1, 0.15) is 25.0 Å². The van der Waals surface area contributed by atoms with Crippen LogP contribution in [0.4, 0.5) is 0 Å². The van der Waals surface area contributed by atoms with Crippen LogP contribution < -0.4 is 5.32 Å². The molecule has 0 fully saturated rings. The largest absolute Gasteiger partial charge is 0.355 e. The topological polar surface area (TPSA) is 49.4 Å². The predicted octanol–water partition coefficient (Wildman–Crippen LogP) is 4.95. The summed E-state index contributed by atoms with van der Waals surface area (Å²) in [6, 6.07) is 12.5. The molecule has 2 rings (SSSR count). The number of amides is 2. The number of hydrogen-bond donors (Lipinski definition) is 1. The van der Waals surface area contributed by atoms with Crippen LogP contribution in [0, 0.1) is 6.92 Å². The van der Waals surface area contributed by atoms with Gasteiger partial charge in [0, 0.05) is 28.0 Å². The van der Waals surface area contributed by atoms with Gasteiger partial charge in [-0.1, -0.05) is 47.0 Å². The highest BCUT2D eigenvalue weighted by molar-refractivity contribution is 8.00. The first-order valence-corrected chi connectivity index (χ1v) is 10.8. The Morgan fingerprint density at radius 1 is 1.14 bits per heavy atom. The molecular formula is C21H24Cl2N2O2S. The number of nitrogens with one attached hydrogen (secondary N) is 1. The molecule has 0 heterocycles. The molecule has 2 aromatic carbocycles. The van der Waals surface area contributed by atoms with Gasteiger partial charge in [-0.2, -0.15) is 0 Å². The summed E-state index contributed by atoms with van der Waals surface area (Å²) >= 11 is 13.7. The normalized spacial score (nSPS) is 11.8. The van der Waals surface area contributed by atoms with E-state index in [1.807, 2.05) is 38.1 Å². The SMILES string of the molecule is CCNC(=O)[C@H](C)N(Cc1ccc(Cl)cc1Cl)C(=O)CSc1ccc(C)cc1. The Morgan fingerprint density at radius 2 is 1.82 bits per heavy atom. The van der Waals surface area contributed by atoms with Crippen molar-refractivity contribution in [2.24, 2.45) is 0 Å². The molecule has 2 aromatic rings. The average molecular weight is 439 g/mol. The molecule has 0 aliphatic heterocycles. The second kappa shape index (κ2) is 10.7. The van der Waals surface area contributed by atoms with Crippen LogP contribution >= 0.6 is 35.0 Å². The lowest BCUT2D eigenvalue weighted by molar-refractivity contribution is -0.138. The Kier molecular flexibility index (Phi) is 8.67. The molecule has 1 atom stereocenters. The highest BCUT2D eigenvalue weighted by Gasteiger charge is 2.26. The molecule has 0 bridgehead atoms. The maximum Gasteiger partial charge on any atom is 0.242 e. The highest BCUT2D eigenvalue weighted by Crippen LogP contribution is 2.24. The van der Waals surface area contributed by atoms with Crippen molar-refractivity contribution < 1.29 is 9.59 Å². The first kappa shape index (κ1) is 22.6. The van der Waals surface area contributed by atoms with Gasteiger partial charge in [0.25, 0.3) is 0 Å². The standard InChI is InChI=1S/C21H24Cl2N2O2S/c1-4-24-21(27)15(3)25(12-16-7-8-17(22)11-19(16)23)20(26)13-28-18-9-5-14(2)6-10-18/h5-11,15H,4,12-13H2,1-3H3,(H,24,27)/t15-/m0/s1. The van der Waals surface area contributed by atoms with Crippen LogP contribution in [0.25, 0.3) is 0 Å². The smallest absolute Gasteiger partial charge is 0.242 e. The maximum absolute atomic E-state index is 13.0. The lowest BCUT2D eigenvalue weighted by Crippen LogP contribution is -2.48. The van der Waals surface area contributed by atoms with Crippen molar-refractivity contribution in [2.45, 2.75) is 38.3 Å². The van der Waals surface area contributed by atoms with Crippen LogP contribution in [-0.2, 0) is 16.1 Å². The van der Waals surface area contributed by atoms with Crippen molar-refractivity contribution in [2.75, 3.05) is 12.3 Å². The number of hydrogen-bond acceptors (Lipinski definition) is 3. The number of aryl methyl sites for hydroxylation is 1. The van der Waals surface area contributed by atoms with E-state index in [2.05, 4.69) is 5.32 Å². The molecule has 0 unspecified atom stereocenters. The van der Waals surface area contributed by atoms with Gasteiger partial charge >= 0.3 is 0 Å². The van der Waals surface area contributed by atoms with Gasteiger partial charge in [0.15, 0.2) is 0 Å². The third-order valence-corrected chi connectivity index (χ3v) is 5.84. The molecule has 4 nitrogen and oxygen atoms in total. The summed E-state index contributed by atoms with van der Waals surface area (Å²) in [5, 5.41) is 3.77. The van der Waals surface area contributed by atoms with Crippen molar-refractivity contribution >= 4 is 46.8 Å². The van der Waals surface area contributed by atoms with E-state index in [0.29, 0.717) is 16.6 Å². The third-order valence-electron chi connectivity index (χ3n) is 4.26. The molecule has 28 heavy (non-hydrogen) atoms. The number of rotatable bonds is 8. The minimum Gasteiger partial charge on any atom is -0.355 e. The first-order chi connectivity index (χ1) is 13.3. The summed E-state index contributed by atoms with van der Waals surface area (Å²) in [6.07, 6.45) is 0. The van der Waals surface area contributed by atoms with Gasteiger partial charge in [-0.3, -0.25) is 9.59 Å². The number of carbonyl (C=O) groups is 2. The summed E-state index contributed by atoms with van der Waals surface area (Å²) in [5.41, 5.74) is 1.91. The fourth-order valence-corrected chi connectivity index (χ4v) is 3.85.